The topological polar surface area (TPSA) is 78.5 Å². The van der Waals surface area contributed by atoms with E-state index in [1.807, 2.05) is 20.8 Å². The van der Waals surface area contributed by atoms with Gasteiger partial charge in [-0.05, 0) is 29.7 Å². The van der Waals surface area contributed by atoms with Crippen molar-refractivity contribution in [1.82, 2.24) is 10.6 Å². The summed E-state index contributed by atoms with van der Waals surface area (Å²) in [6.45, 7) is 5.14. The first-order valence-electron chi connectivity index (χ1n) is 11.5. The Kier molecular flexibility index (Phi) is 8.33. The number of halogens is 4. The molecule has 6 nitrogen and oxygen atoms in total. The van der Waals surface area contributed by atoms with Crippen LogP contribution in [0.3, 0.4) is 0 Å². The molecule has 10 heteroatoms. The summed E-state index contributed by atoms with van der Waals surface area (Å²) < 4.78 is 41.0. The number of nitrogens with one attached hydrogen (secondary N) is 2. The number of nitrogens with zero attached hydrogens (tertiary/aromatic N) is 1. The fourth-order valence-corrected chi connectivity index (χ4v) is 4.24. The molecule has 36 heavy (non-hydrogen) atoms. The first kappa shape index (κ1) is 27.5. The molecule has 0 saturated heterocycles. The first-order valence-corrected chi connectivity index (χ1v) is 11.9. The zero-order chi connectivity index (χ0) is 26.7. The highest BCUT2D eigenvalue weighted by molar-refractivity contribution is 6.31. The molecule has 0 radical (unpaired) electrons. The van der Waals surface area contributed by atoms with Crippen molar-refractivity contribution >= 4 is 35.0 Å². The fourth-order valence-electron chi connectivity index (χ4n) is 4.00. The van der Waals surface area contributed by atoms with Gasteiger partial charge in [-0.2, -0.15) is 0 Å². The molecule has 1 aliphatic rings. The van der Waals surface area contributed by atoms with Crippen LogP contribution < -0.4 is 15.5 Å². The molecule has 1 atom stereocenters. The van der Waals surface area contributed by atoms with Gasteiger partial charge in [0.15, 0.2) is 0 Å². The van der Waals surface area contributed by atoms with Crippen molar-refractivity contribution < 1.29 is 27.6 Å². The van der Waals surface area contributed by atoms with E-state index in [4.69, 9.17) is 11.6 Å². The predicted octanol–water partition coefficient (Wildman–Crippen LogP) is 5.02. The molecule has 1 saturated carbocycles. The smallest absolute Gasteiger partial charge is 0.252 e. The van der Waals surface area contributed by atoms with E-state index in [2.05, 4.69) is 10.6 Å². The quantitative estimate of drug-likeness (QED) is 0.510. The minimum atomic E-state index is -2.87. The third-order valence-electron chi connectivity index (χ3n) is 5.63. The first-order chi connectivity index (χ1) is 16.8. The minimum absolute atomic E-state index is 0.0454. The van der Waals surface area contributed by atoms with Crippen molar-refractivity contribution in [3.05, 3.63) is 64.9 Å². The average molecular weight is 524 g/mol. The molecule has 0 spiro atoms. The molecular formula is C26H29ClF3N3O3. The van der Waals surface area contributed by atoms with E-state index in [1.165, 1.54) is 30.3 Å². The Hall–Kier alpha value is -3.07. The monoisotopic (exact) mass is 523 g/mol. The third kappa shape index (κ3) is 7.22. The molecule has 1 aliphatic carbocycles. The number of alkyl halides is 2. The van der Waals surface area contributed by atoms with Crippen molar-refractivity contribution in [2.75, 3.05) is 11.4 Å². The standard InChI is InChI=1S/C26H29ClF3N3O3/c1-25(2,3)14-21(34)31-15-22(35)33(18-8-6-7-16(28)11-18)23(19-9-4-5-10-20(19)27)24(36)32-17-12-26(29,30)13-17/h4-11,17,23H,12-15H2,1-3H3,(H,31,34)(H,32,36). The lowest BCUT2D eigenvalue weighted by Gasteiger charge is -2.38. The molecule has 1 fully saturated rings. The molecule has 3 amide bonds. The zero-order valence-corrected chi connectivity index (χ0v) is 21.0. The number of hydrogen-bond donors (Lipinski definition) is 2. The Morgan fingerprint density at radius 1 is 1.11 bits per heavy atom. The number of anilines is 1. The molecule has 0 heterocycles. The van der Waals surface area contributed by atoms with E-state index in [0.717, 1.165) is 11.0 Å². The number of carbonyl (C=O) groups excluding carboxylic acids is 3. The molecule has 2 aromatic rings. The lowest BCUT2D eigenvalue weighted by molar-refractivity contribution is -0.132. The van der Waals surface area contributed by atoms with Crippen molar-refractivity contribution in [1.29, 1.82) is 0 Å². The molecule has 0 aliphatic heterocycles. The second-order valence-corrected chi connectivity index (χ2v) is 10.6. The van der Waals surface area contributed by atoms with E-state index in [1.54, 1.807) is 12.1 Å². The fraction of sp³-hybridized carbons (Fsp3) is 0.423. The molecular weight excluding hydrogens is 495 g/mol. The van der Waals surface area contributed by atoms with Crippen molar-refractivity contribution in [3.8, 4) is 0 Å². The van der Waals surface area contributed by atoms with Crippen molar-refractivity contribution in [2.45, 2.75) is 58.0 Å². The van der Waals surface area contributed by atoms with Crippen LogP contribution in [0.25, 0.3) is 0 Å². The van der Waals surface area contributed by atoms with Crippen LogP contribution >= 0.6 is 11.6 Å². The van der Waals surface area contributed by atoms with Crippen LogP contribution in [-0.4, -0.2) is 36.2 Å². The predicted molar refractivity (Wildman–Crippen MR) is 131 cm³/mol. The summed E-state index contributed by atoms with van der Waals surface area (Å²) in [6, 6.07) is 9.17. The maximum atomic E-state index is 14.2. The number of hydrogen-bond acceptors (Lipinski definition) is 3. The van der Waals surface area contributed by atoms with E-state index in [0.29, 0.717) is 0 Å². The van der Waals surface area contributed by atoms with Crippen molar-refractivity contribution in [3.63, 3.8) is 0 Å². The van der Waals surface area contributed by atoms with Gasteiger partial charge in [0.1, 0.15) is 11.9 Å². The highest BCUT2D eigenvalue weighted by Crippen LogP contribution is 2.39. The van der Waals surface area contributed by atoms with Crippen LogP contribution in [0, 0.1) is 11.2 Å². The summed E-state index contributed by atoms with van der Waals surface area (Å²) in [5, 5.41) is 5.27. The van der Waals surface area contributed by atoms with Crippen molar-refractivity contribution in [2.24, 2.45) is 5.41 Å². The van der Waals surface area contributed by atoms with E-state index in [-0.39, 0.29) is 34.0 Å². The second kappa shape index (κ2) is 10.9. The van der Waals surface area contributed by atoms with Crippen LogP contribution in [0.2, 0.25) is 5.02 Å². The molecule has 1 unspecified atom stereocenters. The van der Waals surface area contributed by atoms with Gasteiger partial charge in [-0.1, -0.05) is 56.6 Å². The molecule has 194 valence electrons. The van der Waals surface area contributed by atoms with E-state index in [9.17, 15) is 27.6 Å². The zero-order valence-electron chi connectivity index (χ0n) is 20.3. The maximum Gasteiger partial charge on any atom is 0.252 e. The Labute approximate surface area is 213 Å². The van der Waals surface area contributed by atoms with Gasteiger partial charge in [0.25, 0.3) is 5.92 Å². The van der Waals surface area contributed by atoms with Gasteiger partial charge in [-0.3, -0.25) is 19.3 Å². The summed E-state index contributed by atoms with van der Waals surface area (Å²) in [5.41, 5.74) is -0.0503. The molecule has 3 rings (SSSR count). The third-order valence-corrected chi connectivity index (χ3v) is 5.97. The number of rotatable bonds is 8. The lowest BCUT2D eigenvalue weighted by atomic mass is 9.87. The van der Waals surface area contributed by atoms with Crippen LogP contribution in [0.4, 0.5) is 18.9 Å². The molecule has 2 aromatic carbocycles. The summed E-state index contributed by atoms with van der Waals surface area (Å²) in [4.78, 5) is 40.3. The van der Waals surface area contributed by atoms with Crippen LogP contribution in [0.5, 0.6) is 0 Å². The lowest BCUT2D eigenvalue weighted by Crippen LogP contribution is -2.54. The van der Waals surface area contributed by atoms with Gasteiger partial charge in [-0.25, -0.2) is 13.2 Å². The van der Waals surface area contributed by atoms with Gasteiger partial charge in [0, 0.05) is 41.6 Å². The van der Waals surface area contributed by atoms with Crippen LogP contribution in [0.1, 0.15) is 51.6 Å². The highest BCUT2D eigenvalue weighted by atomic mass is 35.5. The normalized spacial score (nSPS) is 16.0. The number of benzene rings is 2. The SMILES string of the molecule is CC(C)(C)CC(=O)NCC(=O)N(c1cccc(F)c1)C(C(=O)NC1CC(F)(F)C1)c1ccccc1Cl. The summed E-state index contributed by atoms with van der Waals surface area (Å²) in [7, 11) is 0. The Morgan fingerprint density at radius 3 is 2.36 bits per heavy atom. The summed E-state index contributed by atoms with van der Waals surface area (Å²) >= 11 is 6.38. The summed E-state index contributed by atoms with van der Waals surface area (Å²) in [5.74, 6) is -5.35. The Balaban J connectivity index is 1.97. The molecule has 2 N–H and O–H groups in total. The largest absolute Gasteiger partial charge is 0.351 e. The van der Waals surface area contributed by atoms with Gasteiger partial charge in [0.2, 0.25) is 17.7 Å². The average Bonchev–Trinajstić information content (AvgIpc) is 2.74. The molecule has 0 bridgehead atoms. The summed E-state index contributed by atoms with van der Waals surface area (Å²) in [6.07, 6.45) is -0.889. The molecule has 0 aromatic heterocycles. The minimum Gasteiger partial charge on any atom is -0.351 e. The Morgan fingerprint density at radius 2 is 1.78 bits per heavy atom. The van der Waals surface area contributed by atoms with Crippen LogP contribution in [-0.2, 0) is 14.4 Å². The van der Waals surface area contributed by atoms with Gasteiger partial charge in [-0.15, -0.1) is 0 Å². The van der Waals surface area contributed by atoms with E-state index < -0.39 is 55.0 Å². The second-order valence-electron chi connectivity index (χ2n) is 10.2. The highest BCUT2D eigenvalue weighted by Gasteiger charge is 2.47. The van der Waals surface area contributed by atoms with Gasteiger partial charge in [0.05, 0.1) is 6.54 Å². The number of amides is 3. The maximum absolute atomic E-state index is 14.2. The van der Waals surface area contributed by atoms with Gasteiger partial charge >= 0.3 is 0 Å². The van der Waals surface area contributed by atoms with E-state index >= 15 is 0 Å². The number of carbonyl (C=O) groups is 3. The Bertz CT molecular complexity index is 1130. The van der Waals surface area contributed by atoms with Gasteiger partial charge < -0.3 is 10.6 Å². The van der Waals surface area contributed by atoms with Crippen LogP contribution in [0.15, 0.2) is 48.5 Å².